The van der Waals surface area contributed by atoms with Crippen LogP contribution in [0.5, 0.6) is 0 Å². The van der Waals surface area contributed by atoms with Crippen molar-refractivity contribution >= 4 is 34.0 Å². The minimum Gasteiger partial charge on any atom is -0.246 e. The van der Waals surface area contributed by atoms with Gasteiger partial charge in [-0.3, -0.25) is 0 Å². The summed E-state index contributed by atoms with van der Waals surface area (Å²) < 4.78 is 0. The number of aromatic nitrogens is 1. The molecule has 0 aliphatic rings. The fourth-order valence-electron chi connectivity index (χ4n) is 6.48. The van der Waals surface area contributed by atoms with Crippen molar-refractivity contribution in [2.45, 2.75) is 78.6 Å². The summed E-state index contributed by atoms with van der Waals surface area (Å²) in [7, 11) is 0. The van der Waals surface area contributed by atoms with E-state index in [0.717, 1.165) is 30.7 Å². The Morgan fingerprint density at radius 2 is 0.647 bits per heavy atom. The molecule has 51 heavy (non-hydrogen) atoms. The van der Waals surface area contributed by atoms with E-state index < -0.39 is 0 Å². The van der Waals surface area contributed by atoms with Gasteiger partial charge in [0.1, 0.15) is 0 Å². The van der Waals surface area contributed by atoms with Crippen LogP contribution in [0.2, 0.25) is 0 Å². The Hall–Kier alpha value is -4.09. The molecule has 0 spiro atoms. The van der Waals surface area contributed by atoms with Crippen LogP contribution < -0.4 is 0 Å². The summed E-state index contributed by atoms with van der Waals surface area (Å²) in [5, 5.41) is 0. The van der Waals surface area contributed by atoms with Crippen LogP contribution >= 0.6 is 34.0 Å². The molecular formula is C47H47NS3. The third kappa shape index (κ3) is 8.69. The Bertz CT molecular complexity index is 1880. The molecule has 4 heteroatoms. The van der Waals surface area contributed by atoms with Gasteiger partial charge < -0.3 is 0 Å². The Balaban J connectivity index is 1.22. The summed E-state index contributed by atoms with van der Waals surface area (Å²) in [6.07, 6.45) is 10.8. The Morgan fingerprint density at radius 3 is 0.980 bits per heavy atom. The maximum absolute atomic E-state index is 5.33. The van der Waals surface area contributed by atoms with E-state index in [2.05, 4.69) is 142 Å². The molecule has 0 N–H and O–H groups in total. The van der Waals surface area contributed by atoms with E-state index in [1.807, 2.05) is 34.0 Å². The van der Waals surface area contributed by atoms with Crippen LogP contribution in [-0.2, 0) is 19.3 Å². The van der Waals surface area contributed by atoms with Crippen molar-refractivity contribution in [1.82, 2.24) is 4.98 Å². The number of aryl methyl sites for hydroxylation is 3. The number of pyridine rings is 1. The predicted octanol–water partition coefficient (Wildman–Crippen LogP) is 15.3. The molecule has 0 bridgehead atoms. The van der Waals surface area contributed by atoms with Gasteiger partial charge in [0, 0.05) is 19.5 Å². The number of hydrogen-bond acceptors (Lipinski definition) is 4. The fraction of sp³-hybridized carbons (Fsp3) is 0.255. The number of nitrogens with zero attached hydrogens (tertiary/aromatic N) is 1. The molecule has 4 heterocycles. The second kappa shape index (κ2) is 17.0. The monoisotopic (exact) mass is 721 g/mol. The molecule has 7 aromatic rings. The first-order chi connectivity index (χ1) is 25.1. The average Bonchev–Trinajstić information content (AvgIpc) is 3.98. The highest BCUT2D eigenvalue weighted by Crippen LogP contribution is 2.42. The lowest BCUT2D eigenvalue weighted by molar-refractivity contribution is 0.795. The van der Waals surface area contributed by atoms with Gasteiger partial charge in [-0.05, 0) is 126 Å². The molecule has 258 valence electrons. The van der Waals surface area contributed by atoms with Crippen LogP contribution in [0, 0.1) is 0 Å². The largest absolute Gasteiger partial charge is 0.246 e. The molecule has 7 rings (SSSR count). The number of hydrogen-bond donors (Lipinski definition) is 0. The second-order valence-electron chi connectivity index (χ2n) is 13.5. The van der Waals surface area contributed by atoms with Gasteiger partial charge in [0.05, 0.1) is 21.1 Å². The fourth-order valence-corrected chi connectivity index (χ4v) is 9.43. The van der Waals surface area contributed by atoms with Gasteiger partial charge >= 0.3 is 0 Å². The van der Waals surface area contributed by atoms with Gasteiger partial charge in [-0.1, -0.05) is 113 Å². The minimum absolute atomic E-state index is 1.03. The van der Waals surface area contributed by atoms with Gasteiger partial charge in [0.15, 0.2) is 0 Å². The van der Waals surface area contributed by atoms with Crippen LogP contribution in [0.4, 0.5) is 0 Å². The average molecular weight is 722 g/mol. The highest BCUT2D eigenvalue weighted by Gasteiger charge is 2.15. The maximum atomic E-state index is 5.33. The zero-order valence-electron chi connectivity index (χ0n) is 30.1. The Kier molecular flexibility index (Phi) is 11.7. The van der Waals surface area contributed by atoms with Crippen LogP contribution in [-0.4, -0.2) is 4.98 Å². The first-order valence-corrected chi connectivity index (χ1v) is 21.2. The summed E-state index contributed by atoms with van der Waals surface area (Å²) in [5.41, 5.74) is 11.4. The van der Waals surface area contributed by atoms with Gasteiger partial charge in [0.25, 0.3) is 0 Å². The normalized spacial score (nSPS) is 11.4. The summed E-state index contributed by atoms with van der Waals surface area (Å²) in [6, 6.07) is 45.6. The number of benzene rings is 3. The van der Waals surface area contributed by atoms with E-state index in [4.69, 9.17) is 4.98 Å². The van der Waals surface area contributed by atoms with E-state index in [1.165, 1.54) is 107 Å². The van der Waals surface area contributed by atoms with E-state index in [-0.39, 0.29) is 0 Å². The van der Waals surface area contributed by atoms with Crippen LogP contribution in [0.15, 0.2) is 121 Å². The second-order valence-corrected chi connectivity index (χ2v) is 16.8. The van der Waals surface area contributed by atoms with Crippen LogP contribution in [0.25, 0.3) is 62.9 Å². The van der Waals surface area contributed by atoms with Crippen molar-refractivity contribution in [1.29, 1.82) is 0 Å². The molecule has 0 amide bonds. The van der Waals surface area contributed by atoms with Crippen molar-refractivity contribution in [3.05, 3.63) is 138 Å². The number of unbranched alkanes of at least 4 members (excludes halogenated alkanes) is 3. The van der Waals surface area contributed by atoms with Gasteiger partial charge in [0.2, 0.25) is 0 Å². The maximum Gasteiger partial charge on any atom is 0.0816 e. The molecule has 0 saturated carbocycles. The molecular weight excluding hydrogens is 675 g/mol. The molecule has 0 saturated heterocycles. The smallest absolute Gasteiger partial charge is 0.0816 e. The SMILES string of the molecule is CCCCc1ccc(-c2ccc(-c3cc(-c4ccc(-c5ccc(CCCC)cc5)s4)nc(-c4ccc(-c5ccc(CCCC)cc5)s4)c3)s2)cc1. The first kappa shape index (κ1) is 35.3. The molecule has 3 aromatic carbocycles. The van der Waals surface area contributed by atoms with Crippen molar-refractivity contribution in [3.63, 3.8) is 0 Å². The van der Waals surface area contributed by atoms with Crippen LogP contribution in [0.1, 0.15) is 76.0 Å². The lowest BCUT2D eigenvalue weighted by Crippen LogP contribution is -1.87. The molecule has 0 unspecified atom stereocenters. The summed E-state index contributed by atoms with van der Waals surface area (Å²) in [4.78, 5) is 12.9. The topological polar surface area (TPSA) is 12.9 Å². The van der Waals surface area contributed by atoms with Crippen molar-refractivity contribution < 1.29 is 0 Å². The van der Waals surface area contributed by atoms with E-state index in [1.54, 1.807) is 0 Å². The van der Waals surface area contributed by atoms with Gasteiger partial charge in [-0.15, -0.1) is 34.0 Å². The first-order valence-electron chi connectivity index (χ1n) is 18.7. The highest BCUT2D eigenvalue weighted by atomic mass is 32.1. The van der Waals surface area contributed by atoms with Crippen molar-refractivity contribution in [3.8, 4) is 62.9 Å². The van der Waals surface area contributed by atoms with Gasteiger partial charge in [-0.25, -0.2) is 4.98 Å². The Labute approximate surface area is 316 Å². The summed E-state index contributed by atoms with van der Waals surface area (Å²) in [5.74, 6) is 0. The van der Waals surface area contributed by atoms with E-state index in [9.17, 15) is 0 Å². The highest BCUT2D eigenvalue weighted by molar-refractivity contribution is 7.19. The van der Waals surface area contributed by atoms with Crippen molar-refractivity contribution in [2.75, 3.05) is 0 Å². The molecule has 0 radical (unpaired) electrons. The van der Waals surface area contributed by atoms with E-state index >= 15 is 0 Å². The minimum atomic E-state index is 1.03. The third-order valence-corrected chi connectivity index (χ3v) is 13.1. The zero-order valence-corrected chi connectivity index (χ0v) is 32.5. The van der Waals surface area contributed by atoms with Gasteiger partial charge in [-0.2, -0.15) is 0 Å². The number of thiophene rings is 3. The molecule has 1 nitrogen and oxygen atoms in total. The Morgan fingerprint density at radius 1 is 0.353 bits per heavy atom. The standard InChI is InChI=1S/C47H47NS3/c1-4-7-10-33-13-19-36(20-14-33)42-25-26-45(49-42)39-31-40(46-29-27-43(50-46)37-21-15-34(16-22-37)11-8-5-2)48-41(32-39)47-30-28-44(51-47)38-23-17-35(18-24-38)12-9-6-3/h13-32H,4-12H2,1-3H3. The molecule has 0 fully saturated rings. The predicted molar refractivity (Wildman–Crippen MR) is 226 cm³/mol. The zero-order chi connectivity index (χ0) is 35.0. The lowest BCUT2D eigenvalue weighted by Gasteiger charge is -2.07. The van der Waals surface area contributed by atoms with Crippen LogP contribution in [0.3, 0.4) is 0 Å². The molecule has 0 aliphatic heterocycles. The summed E-state index contributed by atoms with van der Waals surface area (Å²) in [6.45, 7) is 6.77. The number of rotatable bonds is 15. The molecule has 0 aliphatic carbocycles. The third-order valence-electron chi connectivity index (χ3n) is 9.61. The molecule has 0 atom stereocenters. The lowest BCUT2D eigenvalue weighted by atomic mass is 10.1. The van der Waals surface area contributed by atoms with E-state index in [0.29, 0.717) is 0 Å². The quantitative estimate of drug-likeness (QED) is 0.103. The summed E-state index contributed by atoms with van der Waals surface area (Å²) >= 11 is 5.53. The van der Waals surface area contributed by atoms with Crippen molar-refractivity contribution in [2.24, 2.45) is 0 Å². The molecule has 4 aromatic heterocycles.